The first-order valence-electron chi connectivity index (χ1n) is 6.04. The first kappa shape index (κ1) is 19.5. The molecule has 11 heteroatoms. The van der Waals surface area contributed by atoms with Gasteiger partial charge in [0, 0.05) is 13.2 Å². The lowest BCUT2D eigenvalue weighted by atomic mass is 10.8. The third-order valence-corrected chi connectivity index (χ3v) is 1.50. The molecule has 0 atom stereocenters. The van der Waals surface area contributed by atoms with Crippen LogP contribution in [-0.2, 0) is 43.8 Å². The number of carbonyl (C=O) groups is 2. The van der Waals surface area contributed by atoms with Crippen LogP contribution < -0.4 is 0 Å². The van der Waals surface area contributed by atoms with E-state index in [1.54, 1.807) is 13.8 Å². The summed E-state index contributed by atoms with van der Waals surface area (Å²) in [5.41, 5.74) is 0. The molecule has 0 aliphatic rings. The number of carbonyl (C=O) groups excluding carboxylic acids is 2. The SMILES string of the molecule is CCOCCOOOC(=O)OC(=O)OOOCCOCC. The Balaban J connectivity index is 3.38. The molecule has 0 aromatic carbocycles. The molecular formula is C10H18O11. The summed E-state index contributed by atoms with van der Waals surface area (Å²) in [6.45, 7) is 5.11. The van der Waals surface area contributed by atoms with Crippen LogP contribution in [0.15, 0.2) is 0 Å². The van der Waals surface area contributed by atoms with Crippen LogP contribution in [-0.4, -0.2) is 52.0 Å². The quantitative estimate of drug-likeness (QED) is 0.169. The lowest BCUT2D eigenvalue weighted by molar-refractivity contribution is -0.494. The van der Waals surface area contributed by atoms with E-state index in [1.807, 2.05) is 0 Å². The van der Waals surface area contributed by atoms with Gasteiger partial charge in [-0.05, 0) is 23.9 Å². The zero-order valence-corrected chi connectivity index (χ0v) is 11.7. The third-order valence-electron chi connectivity index (χ3n) is 1.50. The maximum atomic E-state index is 10.8. The van der Waals surface area contributed by atoms with Crippen LogP contribution in [0, 0.1) is 0 Å². The van der Waals surface area contributed by atoms with Crippen LogP contribution in [0.2, 0.25) is 0 Å². The molecule has 0 fully saturated rings. The number of rotatable bonds is 12. The van der Waals surface area contributed by atoms with E-state index in [0.717, 1.165) is 0 Å². The summed E-state index contributed by atoms with van der Waals surface area (Å²) >= 11 is 0. The van der Waals surface area contributed by atoms with Crippen molar-refractivity contribution >= 4 is 12.3 Å². The van der Waals surface area contributed by atoms with Gasteiger partial charge in [0.1, 0.15) is 13.2 Å². The van der Waals surface area contributed by atoms with E-state index >= 15 is 0 Å². The second-order valence-corrected chi connectivity index (χ2v) is 2.94. The molecule has 0 saturated carbocycles. The molecule has 0 aromatic heterocycles. The molecule has 21 heavy (non-hydrogen) atoms. The highest BCUT2D eigenvalue weighted by Gasteiger charge is 2.16. The maximum absolute atomic E-state index is 10.8. The fourth-order valence-electron chi connectivity index (χ4n) is 0.748. The van der Waals surface area contributed by atoms with Gasteiger partial charge in [-0.1, -0.05) is 0 Å². The van der Waals surface area contributed by atoms with E-state index < -0.39 is 12.3 Å². The molecule has 0 bridgehead atoms. The van der Waals surface area contributed by atoms with Gasteiger partial charge in [0.2, 0.25) is 0 Å². The van der Waals surface area contributed by atoms with Gasteiger partial charge in [-0.3, -0.25) is 0 Å². The number of hydrogen-bond acceptors (Lipinski definition) is 11. The minimum atomic E-state index is -1.52. The van der Waals surface area contributed by atoms with Crippen molar-refractivity contribution in [2.24, 2.45) is 0 Å². The number of ether oxygens (including phenoxy) is 3. The van der Waals surface area contributed by atoms with Gasteiger partial charge in [0.25, 0.3) is 0 Å². The molecule has 0 radical (unpaired) electrons. The van der Waals surface area contributed by atoms with Crippen molar-refractivity contribution in [3.63, 3.8) is 0 Å². The molecule has 0 saturated heterocycles. The average Bonchev–Trinajstić information content (AvgIpc) is 2.46. The van der Waals surface area contributed by atoms with Crippen molar-refractivity contribution in [1.29, 1.82) is 0 Å². The van der Waals surface area contributed by atoms with Crippen LogP contribution in [0.25, 0.3) is 0 Å². The maximum Gasteiger partial charge on any atom is 0.553 e. The summed E-state index contributed by atoms with van der Waals surface area (Å²) in [6, 6.07) is 0. The van der Waals surface area contributed by atoms with Crippen molar-refractivity contribution in [3.05, 3.63) is 0 Å². The highest BCUT2D eigenvalue weighted by molar-refractivity contribution is 5.76. The van der Waals surface area contributed by atoms with Crippen LogP contribution in [0.5, 0.6) is 0 Å². The normalized spacial score (nSPS) is 10.2. The Morgan fingerprint density at radius 1 is 0.714 bits per heavy atom. The van der Waals surface area contributed by atoms with Crippen molar-refractivity contribution in [2.75, 3.05) is 39.6 Å². The van der Waals surface area contributed by atoms with Gasteiger partial charge >= 0.3 is 12.3 Å². The molecule has 0 N–H and O–H groups in total. The summed E-state index contributed by atoms with van der Waals surface area (Å²) in [5.74, 6) is 0. The molecule has 0 amide bonds. The highest BCUT2D eigenvalue weighted by Crippen LogP contribution is 1.94. The molecule has 11 nitrogen and oxygen atoms in total. The predicted octanol–water partition coefficient (Wildman–Crippen LogP) is 1.08. The smallest absolute Gasteiger partial charge is 0.379 e. The van der Waals surface area contributed by atoms with Gasteiger partial charge in [-0.2, -0.15) is 19.4 Å². The molecule has 0 rings (SSSR count). The molecule has 0 aliphatic carbocycles. The van der Waals surface area contributed by atoms with E-state index in [1.165, 1.54) is 0 Å². The predicted molar refractivity (Wildman–Crippen MR) is 61.1 cm³/mol. The lowest BCUT2D eigenvalue weighted by Gasteiger charge is -2.03. The molecule has 0 aliphatic heterocycles. The monoisotopic (exact) mass is 314 g/mol. The number of hydrogen-bond donors (Lipinski definition) is 0. The topological polar surface area (TPSA) is 117 Å². The van der Waals surface area contributed by atoms with E-state index in [4.69, 9.17) is 9.47 Å². The van der Waals surface area contributed by atoms with Crippen LogP contribution in [0.1, 0.15) is 13.8 Å². The van der Waals surface area contributed by atoms with Gasteiger partial charge in [0.15, 0.2) is 0 Å². The first-order valence-corrected chi connectivity index (χ1v) is 6.04. The second kappa shape index (κ2) is 14.9. The van der Waals surface area contributed by atoms with Crippen molar-refractivity contribution in [3.8, 4) is 0 Å². The summed E-state index contributed by atoms with van der Waals surface area (Å²) < 4.78 is 13.7. The van der Waals surface area contributed by atoms with E-state index in [9.17, 15) is 9.59 Å². The third kappa shape index (κ3) is 14.7. The summed E-state index contributed by atoms with van der Waals surface area (Å²) in [5, 5.41) is 7.92. The van der Waals surface area contributed by atoms with Gasteiger partial charge < -0.3 is 14.2 Å². The largest absolute Gasteiger partial charge is 0.553 e. The Kier molecular flexibility index (Phi) is 13.8. The standard InChI is InChI=1S/C10H18O11/c1-3-13-5-7-15-20-18-9(11)17-10(12)19-21-16-8-6-14-4-2/h3-8H2,1-2H3. The van der Waals surface area contributed by atoms with E-state index in [0.29, 0.717) is 13.2 Å². The fraction of sp³-hybridized carbons (Fsp3) is 0.800. The minimum absolute atomic E-state index is 0.0162. The Morgan fingerprint density at radius 2 is 1.14 bits per heavy atom. The Labute approximate surface area is 120 Å². The van der Waals surface area contributed by atoms with Crippen LogP contribution in [0.4, 0.5) is 9.59 Å². The zero-order valence-electron chi connectivity index (χ0n) is 11.7. The lowest BCUT2D eigenvalue weighted by Crippen LogP contribution is -2.17. The van der Waals surface area contributed by atoms with E-state index in [-0.39, 0.29) is 26.4 Å². The highest BCUT2D eigenvalue weighted by atomic mass is 17.5. The fourth-order valence-corrected chi connectivity index (χ4v) is 0.748. The molecule has 0 unspecified atom stereocenters. The van der Waals surface area contributed by atoms with Gasteiger partial charge in [-0.15, -0.1) is 0 Å². The Morgan fingerprint density at radius 3 is 1.52 bits per heavy atom. The molecule has 0 aromatic rings. The first-order chi connectivity index (χ1) is 10.2. The molecule has 0 spiro atoms. The van der Waals surface area contributed by atoms with Gasteiger partial charge in [0.05, 0.1) is 13.2 Å². The minimum Gasteiger partial charge on any atom is -0.379 e. The summed E-state index contributed by atoms with van der Waals surface area (Å²) in [6.07, 6.45) is -3.04. The van der Waals surface area contributed by atoms with Crippen molar-refractivity contribution in [1.82, 2.24) is 0 Å². The Bertz CT molecular complexity index is 244. The average molecular weight is 314 g/mol. The van der Waals surface area contributed by atoms with E-state index in [2.05, 4.69) is 34.4 Å². The summed E-state index contributed by atoms with van der Waals surface area (Å²) in [7, 11) is 0. The Hall–Kier alpha value is -1.50. The second-order valence-electron chi connectivity index (χ2n) is 2.94. The molecule has 0 heterocycles. The van der Waals surface area contributed by atoms with Crippen molar-refractivity contribution in [2.45, 2.75) is 13.8 Å². The molecule has 124 valence electrons. The van der Waals surface area contributed by atoms with Crippen molar-refractivity contribution < 1.29 is 53.4 Å². The van der Waals surface area contributed by atoms with Crippen LogP contribution >= 0.6 is 0 Å². The molecular weight excluding hydrogens is 296 g/mol. The zero-order chi connectivity index (χ0) is 15.8. The van der Waals surface area contributed by atoms with Gasteiger partial charge in [-0.25, -0.2) is 9.78 Å². The summed E-state index contributed by atoms with van der Waals surface area (Å²) in [4.78, 5) is 38.1. The van der Waals surface area contributed by atoms with Crippen LogP contribution in [0.3, 0.4) is 0 Å².